The number of nitrogens with one attached hydrogen (secondary N) is 2. The lowest BCUT2D eigenvalue weighted by Crippen LogP contribution is -2.45. The highest BCUT2D eigenvalue weighted by atomic mass is 19.1. The zero-order chi connectivity index (χ0) is 15.2. The van der Waals surface area contributed by atoms with E-state index in [0.717, 1.165) is 24.8 Å². The zero-order valence-corrected chi connectivity index (χ0v) is 12.7. The van der Waals surface area contributed by atoms with Crippen molar-refractivity contribution in [3.8, 4) is 0 Å². The molecule has 2 atom stereocenters. The van der Waals surface area contributed by atoms with Gasteiger partial charge in [0, 0.05) is 19.1 Å². The Bertz CT molecular complexity index is 480. The van der Waals surface area contributed by atoms with E-state index < -0.39 is 0 Å². The van der Waals surface area contributed by atoms with Crippen molar-refractivity contribution >= 4 is 5.91 Å². The van der Waals surface area contributed by atoms with E-state index in [9.17, 15) is 9.18 Å². The molecule has 5 heteroatoms. The van der Waals surface area contributed by atoms with Gasteiger partial charge in [-0.15, -0.1) is 0 Å². The van der Waals surface area contributed by atoms with Gasteiger partial charge in [-0.25, -0.2) is 9.82 Å². The van der Waals surface area contributed by atoms with E-state index in [4.69, 9.17) is 0 Å². The van der Waals surface area contributed by atoms with E-state index in [1.165, 1.54) is 12.1 Å². The molecule has 1 saturated heterocycles. The summed E-state index contributed by atoms with van der Waals surface area (Å²) in [5.41, 5.74) is 7.09. The monoisotopic (exact) mass is 293 g/mol. The van der Waals surface area contributed by atoms with Crippen LogP contribution in [0, 0.1) is 5.82 Å². The number of carbonyl (C=O) groups excluding carboxylic acids is 1. The first kappa shape index (κ1) is 15.9. The second-order valence-electron chi connectivity index (χ2n) is 5.54. The van der Waals surface area contributed by atoms with Gasteiger partial charge in [0.05, 0.1) is 0 Å². The number of carbonyl (C=O) groups is 1. The molecule has 1 aromatic rings. The molecule has 4 nitrogen and oxygen atoms in total. The third-order valence-electron chi connectivity index (χ3n) is 3.87. The van der Waals surface area contributed by atoms with Crippen LogP contribution in [-0.2, 0) is 11.3 Å². The molecule has 1 heterocycles. The van der Waals surface area contributed by atoms with E-state index >= 15 is 0 Å². The third kappa shape index (κ3) is 4.25. The van der Waals surface area contributed by atoms with Crippen LogP contribution in [0.15, 0.2) is 24.3 Å². The fourth-order valence-corrected chi connectivity index (χ4v) is 2.74. The quantitative estimate of drug-likeness (QED) is 0.845. The first-order valence-corrected chi connectivity index (χ1v) is 7.68. The molecule has 1 aliphatic heterocycles. The van der Waals surface area contributed by atoms with Crippen LogP contribution >= 0.6 is 0 Å². The van der Waals surface area contributed by atoms with Crippen molar-refractivity contribution in [3.63, 3.8) is 0 Å². The number of hydrazine groups is 1. The summed E-state index contributed by atoms with van der Waals surface area (Å²) in [7, 11) is 0. The minimum Gasteiger partial charge on any atom is -0.337 e. The first-order valence-electron chi connectivity index (χ1n) is 7.68. The van der Waals surface area contributed by atoms with Crippen LogP contribution in [0.25, 0.3) is 0 Å². The van der Waals surface area contributed by atoms with Crippen LogP contribution in [-0.4, -0.2) is 29.4 Å². The number of nitrogens with zero attached hydrogens (tertiary/aromatic N) is 1. The van der Waals surface area contributed by atoms with Crippen LogP contribution in [0.2, 0.25) is 0 Å². The molecule has 2 rings (SSSR count). The number of benzene rings is 1. The van der Waals surface area contributed by atoms with E-state index in [2.05, 4.69) is 17.8 Å². The van der Waals surface area contributed by atoms with Crippen molar-refractivity contribution in [1.29, 1.82) is 0 Å². The van der Waals surface area contributed by atoms with Crippen LogP contribution in [0.1, 0.15) is 38.7 Å². The Hall–Kier alpha value is -1.46. The number of rotatable bonds is 6. The molecule has 21 heavy (non-hydrogen) atoms. The number of halogens is 1. The Labute approximate surface area is 125 Å². The third-order valence-corrected chi connectivity index (χ3v) is 3.87. The molecule has 0 saturated carbocycles. The number of amides is 1. The van der Waals surface area contributed by atoms with Crippen molar-refractivity contribution in [3.05, 3.63) is 35.6 Å². The molecular weight excluding hydrogens is 269 g/mol. The second kappa shape index (κ2) is 7.52. The summed E-state index contributed by atoms with van der Waals surface area (Å²) in [6.45, 7) is 5.15. The largest absolute Gasteiger partial charge is 0.337 e. The van der Waals surface area contributed by atoms with Crippen LogP contribution in [0.4, 0.5) is 4.39 Å². The zero-order valence-electron chi connectivity index (χ0n) is 12.7. The molecule has 2 unspecified atom stereocenters. The molecule has 1 fully saturated rings. The van der Waals surface area contributed by atoms with E-state index in [-0.39, 0.29) is 17.8 Å². The first-order chi connectivity index (χ1) is 10.1. The maximum Gasteiger partial charge on any atom is 0.241 e. The standard InChI is InChI=1S/C16H24FN3O/c1-3-6-14-10-15(19-18-14)16(21)20(4-2)11-12-7-5-8-13(17)9-12/h5,7-9,14-15,18-19H,3-4,6,10-11H2,1-2H3. The fourth-order valence-electron chi connectivity index (χ4n) is 2.74. The van der Waals surface area contributed by atoms with Crippen LogP contribution < -0.4 is 10.9 Å². The van der Waals surface area contributed by atoms with Gasteiger partial charge in [-0.05, 0) is 37.5 Å². The Morgan fingerprint density at radius 2 is 2.19 bits per heavy atom. The SMILES string of the molecule is CCCC1CC(C(=O)N(CC)Cc2cccc(F)c2)NN1. The summed E-state index contributed by atoms with van der Waals surface area (Å²) >= 11 is 0. The van der Waals surface area contributed by atoms with E-state index in [1.54, 1.807) is 11.0 Å². The number of hydrogen-bond acceptors (Lipinski definition) is 3. The highest BCUT2D eigenvalue weighted by molar-refractivity contribution is 5.82. The summed E-state index contributed by atoms with van der Waals surface area (Å²) < 4.78 is 13.2. The minimum absolute atomic E-state index is 0.0767. The van der Waals surface area contributed by atoms with Gasteiger partial charge in [0.1, 0.15) is 11.9 Å². The summed E-state index contributed by atoms with van der Waals surface area (Å²) in [4.78, 5) is 14.3. The number of hydrogen-bond donors (Lipinski definition) is 2. The highest BCUT2D eigenvalue weighted by Crippen LogP contribution is 2.14. The van der Waals surface area contributed by atoms with Crippen molar-refractivity contribution in [2.24, 2.45) is 0 Å². The topological polar surface area (TPSA) is 44.4 Å². The summed E-state index contributed by atoms with van der Waals surface area (Å²) in [6, 6.07) is 6.59. The van der Waals surface area contributed by atoms with E-state index in [1.807, 2.05) is 13.0 Å². The summed E-state index contributed by atoms with van der Waals surface area (Å²) in [5, 5.41) is 0. The van der Waals surface area contributed by atoms with Gasteiger partial charge in [-0.2, -0.15) is 0 Å². The average Bonchev–Trinajstić information content (AvgIpc) is 2.93. The lowest BCUT2D eigenvalue weighted by Gasteiger charge is -2.24. The fraction of sp³-hybridized carbons (Fsp3) is 0.562. The van der Waals surface area contributed by atoms with Gasteiger partial charge in [-0.1, -0.05) is 25.5 Å². The molecule has 0 bridgehead atoms. The Balaban J connectivity index is 1.96. The van der Waals surface area contributed by atoms with Crippen molar-refractivity contribution in [2.45, 2.75) is 51.7 Å². The predicted octanol–water partition coefficient (Wildman–Crippen LogP) is 2.21. The van der Waals surface area contributed by atoms with Crippen LogP contribution in [0.3, 0.4) is 0 Å². The molecule has 0 aromatic heterocycles. The van der Waals surface area contributed by atoms with Crippen molar-refractivity contribution in [1.82, 2.24) is 15.8 Å². The second-order valence-corrected chi connectivity index (χ2v) is 5.54. The average molecular weight is 293 g/mol. The molecule has 0 radical (unpaired) electrons. The lowest BCUT2D eigenvalue weighted by molar-refractivity contribution is -0.133. The van der Waals surface area contributed by atoms with Gasteiger partial charge in [0.2, 0.25) is 5.91 Å². The van der Waals surface area contributed by atoms with Gasteiger partial charge >= 0.3 is 0 Å². The number of likely N-dealkylation sites (N-methyl/N-ethyl adjacent to an activating group) is 1. The lowest BCUT2D eigenvalue weighted by atomic mass is 10.0. The normalized spacial score (nSPS) is 21.5. The predicted molar refractivity (Wildman–Crippen MR) is 80.9 cm³/mol. The maximum atomic E-state index is 13.2. The highest BCUT2D eigenvalue weighted by Gasteiger charge is 2.31. The summed E-state index contributed by atoms with van der Waals surface area (Å²) in [5.74, 6) is -0.187. The Kier molecular flexibility index (Phi) is 5.70. The molecule has 0 aliphatic carbocycles. The molecule has 2 N–H and O–H groups in total. The Morgan fingerprint density at radius 3 is 2.86 bits per heavy atom. The van der Waals surface area contributed by atoms with Crippen LogP contribution in [0.5, 0.6) is 0 Å². The van der Waals surface area contributed by atoms with Gasteiger partial charge in [0.15, 0.2) is 0 Å². The smallest absolute Gasteiger partial charge is 0.241 e. The van der Waals surface area contributed by atoms with E-state index in [0.29, 0.717) is 19.1 Å². The molecule has 0 spiro atoms. The van der Waals surface area contributed by atoms with Gasteiger partial charge in [-0.3, -0.25) is 10.2 Å². The molecule has 1 aliphatic rings. The van der Waals surface area contributed by atoms with Crippen molar-refractivity contribution in [2.75, 3.05) is 6.54 Å². The molecule has 116 valence electrons. The Morgan fingerprint density at radius 1 is 1.38 bits per heavy atom. The van der Waals surface area contributed by atoms with Crippen molar-refractivity contribution < 1.29 is 9.18 Å². The van der Waals surface area contributed by atoms with Gasteiger partial charge in [0.25, 0.3) is 0 Å². The molecule has 1 amide bonds. The maximum absolute atomic E-state index is 13.2. The van der Waals surface area contributed by atoms with Gasteiger partial charge < -0.3 is 4.90 Å². The molecule has 1 aromatic carbocycles. The summed E-state index contributed by atoms with van der Waals surface area (Å²) in [6.07, 6.45) is 2.97. The minimum atomic E-state index is -0.264. The molecular formula is C16H24FN3O.